The zero-order valence-electron chi connectivity index (χ0n) is 12.3. The van der Waals surface area contributed by atoms with E-state index >= 15 is 0 Å². The van der Waals surface area contributed by atoms with Gasteiger partial charge in [-0.25, -0.2) is 0 Å². The Morgan fingerprint density at radius 1 is 1.05 bits per heavy atom. The normalized spacial score (nSPS) is 23.0. The molecule has 2 aromatic carbocycles. The summed E-state index contributed by atoms with van der Waals surface area (Å²) < 4.78 is 1.10. The number of hydrogen-bond acceptors (Lipinski definition) is 2. The Kier molecular flexibility index (Phi) is 3.53. The molecule has 2 unspecified atom stereocenters. The lowest BCUT2D eigenvalue weighted by Crippen LogP contribution is -2.32. The van der Waals surface area contributed by atoms with E-state index in [1.165, 1.54) is 42.6 Å². The second kappa shape index (κ2) is 5.54. The molecule has 22 heavy (non-hydrogen) atoms. The molecule has 0 spiro atoms. The zero-order chi connectivity index (χ0) is 15.1. The highest BCUT2D eigenvalue weighted by atomic mass is 79.9. The fourth-order valence-corrected chi connectivity index (χ4v) is 4.32. The predicted molar refractivity (Wildman–Crippen MR) is 93.1 cm³/mol. The van der Waals surface area contributed by atoms with Crippen molar-refractivity contribution in [2.75, 3.05) is 4.90 Å². The van der Waals surface area contributed by atoms with E-state index < -0.39 is 0 Å². The Balaban J connectivity index is 1.84. The molecule has 0 radical (unpaired) electrons. The van der Waals surface area contributed by atoms with Crippen LogP contribution in [0.3, 0.4) is 0 Å². The van der Waals surface area contributed by atoms with Crippen LogP contribution in [0.1, 0.15) is 47.5 Å². The average Bonchev–Trinajstić information content (AvgIpc) is 2.89. The van der Waals surface area contributed by atoms with Gasteiger partial charge in [-0.15, -0.1) is 0 Å². The summed E-state index contributed by atoms with van der Waals surface area (Å²) in [7, 11) is 0. The fraction of sp³-hybridized carbons (Fsp3) is 0.316. The molecule has 1 heterocycles. The van der Waals surface area contributed by atoms with Crippen LogP contribution < -0.4 is 4.90 Å². The lowest BCUT2D eigenvalue weighted by molar-refractivity contribution is 0.112. The Bertz CT molecular complexity index is 710. The van der Waals surface area contributed by atoms with Gasteiger partial charge in [0.15, 0.2) is 0 Å². The number of anilines is 2. The number of rotatable bonds is 2. The van der Waals surface area contributed by atoms with Crippen molar-refractivity contribution < 1.29 is 4.79 Å². The van der Waals surface area contributed by atoms with Gasteiger partial charge in [-0.05, 0) is 60.9 Å². The second-order valence-corrected chi connectivity index (χ2v) is 7.16. The minimum absolute atomic E-state index is 0.534. The first-order valence-electron chi connectivity index (χ1n) is 7.92. The molecule has 4 rings (SSSR count). The van der Waals surface area contributed by atoms with Crippen molar-refractivity contribution in [1.29, 1.82) is 0 Å². The number of hydrogen-bond donors (Lipinski definition) is 0. The molecule has 0 bridgehead atoms. The van der Waals surface area contributed by atoms with Crippen molar-refractivity contribution in [2.24, 2.45) is 0 Å². The first-order chi connectivity index (χ1) is 10.8. The van der Waals surface area contributed by atoms with Crippen LogP contribution in [0.2, 0.25) is 0 Å². The van der Waals surface area contributed by atoms with Gasteiger partial charge in [0.05, 0.1) is 0 Å². The van der Waals surface area contributed by atoms with Crippen molar-refractivity contribution in [3.05, 3.63) is 58.1 Å². The number of fused-ring (bicyclic) bond motifs is 3. The largest absolute Gasteiger partial charge is 0.338 e. The van der Waals surface area contributed by atoms with Crippen LogP contribution in [-0.2, 0) is 0 Å². The smallest absolute Gasteiger partial charge is 0.150 e. The molecule has 1 aliphatic carbocycles. The van der Waals surface area contributed by atoms with Crippen molar-refractivity contribution in [2.45, 2.75) is 37.6 Å². The van der Waals surface area contributed by atoms with E-state index in [0.717, 1.165) is 16.3 Å². The molecule has 2 aromatic rings. The van der Waals surface area contributed by atoms with Gasteiger partial charge in [0.25, 0.3) is 0 Å². The summed E-state index contributed by atoms with van der Waals surface area (Å²) in [4.78, 5) is 13.6. The molecule has 1 fully saturated rings. The summed E-state index contributed by atoms with van der Waals surface area (Å²) in [5.41, 5.74) is 4.68. The van der Waals surface area contributed by atoms with Crippen LogP contribution in [0.4, 0.5) is 11.4 Å². The molecule has 3 heteroatoms. The highest BCUT2D eigenvalue weighted by Crippen LogP contribution is 2.51. The summed E-state index contributed by atoms with van der Waals surface area (Å²) in [6.07, 6.45) is 6.00. The van der Waals surface area contributed by atoms with Crippen molar-refractivity contribution in [3.8, 4) is 0 Å². The topological polar surface area (TPSA) is 20.3 Å². The van der Waals surface area contributed by atoms with Gasteiger partial charge in [0.1, 0.15) is 6.29 Å². The third kappa shape index (κ3) is 2.19. The Morgan fingerprint density at radius 3 is 2.59 bits per heavy atom. The van der Waals surface area contributed by atoms with Crippen LogP contribution in [0.25, 0.3) is 0 Å². The molecule has 2 aliphatic rings. The molecule has 0 N–H and O–H groups in total. The van der Waals surface area contributed by atoms with Crippen LogP contribution in [0.15, 0.2) is 46.9 Å². The second-order valence-electron chi connectivity index (χ2n) is 6.24. The highest BCUT2D eigenvalue weighted by molar-refractivity contribution is 9.10. The summed E-state index contributed by atoms with van der Waals surface area (Å²) in [6, 6.07) is 15.3. The molecule has 2 atom stereocenters. The Labute approximate surface area is 139 Å². The first-order valence-corrected chi connectivity index (χ1v) is 8.71. The summed E-state index contributed by atoms with van der Waals surface area (Å²) in [5.74, 6) is 0.562. The van der Waals surface area contributed by atoms with E-state index in [2.05, 4.69) is 57.2 Å². The predicted octanol–water partition coefficient (Wildman–Crippen LogP) is 5.44. The lowest BCUT2D eigenvalue weighted by Gasteiger charge is -2.33. The molecular weight excluding hydrogens is 338 g/mol. The van der Waals surface area contributed by atoms with Crippen LogP contribution >= 0.6 is 15.9 Å². The molecular formula is C19H18BrNO. The van der Waals surface area contributed by atoms with Crippen LogP contribution in [0.5, 0.6) is 0 Å². The Morgan fingerprint density at radius 2 is 1.82 bits per heavy atom. The quantitative estimate of drug-likeness (QED) is 0.668. The fourth-order valence-electron chi connectivity index (χ4n) is 4.06. The average molecular weight is 356 g/mol. The van der Waals surface area contributed by atoms with E-state index in [-0.39, 0.29) is 0 Å². The number of carbonyl (C=O) groups excluding carboxylic acids is 1. The van der Waals surface area contributed by atoms with Crippen LogP contribution in [-0.4, -0.2) is 12.3 Å². The Hall–Kier alpha value is -1.61. The summed E-state index contributed by atoms with van der Waals surface area (Å²) >= 11 is 3.52. The van der Waals surface area contributed by atoms with Crippen molar-refractivity contribution in [3.63, 3.8) is 0 Å². The summed E-state index contributed by atoms with van der Waals surface area (Å²) in [5, 5.41) is 0. The van der Waals surface area contributed by atoms with E-state index in [0.29, 0.717) is 12.0 Å². The maximum absolute atomic E-state index is 11.1. The van der Waals surface area contributed by atoms with Gasteiger partial charge in [-0.2, -0.15) is 0 Å². The summed E-state index contributed by atoms with van der Waals surface area (Å²) in [6.45, 7) is 0. The van der Waals surface area contributed by atoms with Gasteiger partial charge in [0, 0.05) is 33.4 Å². The SMILES string of the molecule is O=Cc1ccc2c(c1)C1CCCCC1N2c1ccc(Br)cc1. The van der Waals surface area contributed by atoms with E-state index in [1.807, 2.05) is 6.07 Å². The molecule has 0 aromatic heterocycles. The van der Waals surface area contributed by atoms with Crippen LogP contribution in [0, 0.1) is 0 Å². The maximum Gasteiger partial charge on any atom is 0.150 e. The standard InChI is InChI=1S/C19H18BrNO/c20-14-6-8-15(9-7-14)21-18-4-2-1-3-16(18)17-11-13(12-22)5-10-19(17)21/h5-12,16,18H,1-4H2. The minimum atomic E-state index is 0.534. The monoisotopic (exact) mass is 355 g/mol. The van der Waals surface area contributed by atoms with E-state index in [1.54, 1.807) is 0 Å². The number of benzene rings is 2. The molecule has 112 valence electrons. The lowest BCUT2D eigenvalue weighted by atomic mass is 9.82. The number of carbonyl (C=O) groups is 1. The molecule has 2 nitrogen and oxygen atoms in total. The number of nitrogens with zero attached hydrogens (tertiary/aromatic N) is 1. The molecule has 1 saturated carbocycles. The minimum Gasteiger partial charge on any atom is -0.338 e. The van der Waals surface area contributed by atoms with E-state index in [4.69, 9.17) is 0 Å². The number of aldehydes is 1. The number of halogens is 1. The van der Waals surface area contributed by atoms with Gasteiger partial charge in [-0.1, -0.05) is 28.8 Å². The van der Waals surface area contributed by atoms with E-state index in [9.17, 15) is 4.79 Å². The van der Waals surface area contributed by atoms with Crippen molar-refractivity contribution >= 4 is 33.6 Å². The third-order valence-corrected chi connectivity index (χ3v) is 5.54. The molecule has 0 amide bonds. The van der Waals surface area contributed by atoms with Gasteiger partial charge >= 0.3 is 0 Å². The van der Waals surface area contributed by atoms with Gasteiger partial charge in [0.2, 0.25) is 0 Å². The maximum atomic E-state index is 11.1. The highest BCUT2D eigenvalue weighted by Gasteiger charge is 2.40. The van der Waals surface area contributed by atoms with Gasteiger partial charge in [-0.3, -0.25) is 4.79 Å². The first kappa shape index (κ1) is 14.0. The third-order valence-electron chi connectivity index (χ3n) is 5.01. The van der Waals surface area contributed by atoms with Gasteiger partial charge < -0.3 is 4.90 Å². The van der Waals surface area contributed by atoms with Crippen molar-refractivity contribution in [1.82, 2.24) is 0 Å². The molecule has 1 aliphatic heterocycles. The zero-order valence-corrected chi connectivity index (χ0v) is 13.9. The molecule has 0 saturated heterocycles.